The minimum Gasteiger partial charge on any atom is -0.491 e. The molecule has 0 bridgehead atoms. The zero-order valence-corrected chi connectivity index (χ0v) is 28.9. The summed E-state index contributed by atoms with van der Waals surface area (Å²) in [6, 6.07) is 20.2. The van der Waals surface area contributed by atoms with Crippen molar-refractivity contribution in [2.75, 3.05) is 25.1 Å². The Hall–Kier alpha value is -4.70. The molecule has 0 saturated carbocycles. The maximum atomic E-state index is 13.4. The standard InChI is InChI=1S/C38H50N4O6/c1-37(2,3)23-32(36(47)41-30-14-10-26(11-15-30)18-19-39-33(44)24-38(4,5)6)42-35(46)29-9-7-8-27(22-29)25-40-34(45)28-12-16-31(17-13-28)48-21-20-43/h7-17,22,32,43H,18-21,23-25H2,1-6H3,(H,39,44)(H,40,45)(H,41,47)(H,42,46)/t32-/m0/s1. The number of ether oxygens (including phenoxy) is 1. The highest BCUT2D eigenvalue weighted by Crippen LogP contribution is 2.23. The molecule has 3 aromatic rings. The lowest BCUT2D eigenvalue weighted by molar-refractivity contribution is -0.122. The lowest BCUT2D eigenvalue weighted by Gasteiger charge is -2.26. The second kappa shape index (κ2) is 17.5. The number of hydrogen-bond acceptors (Lipinski definition) is 6. The van der Waals surface area contributed by atoms with Crippen molar-refractivity contribution in [3.8, 4) is 5.75 Å². The molecule has 5 N–H and O–H groups in total. The third-order valence-electron chi connectivity index (χ3n) is 7.21. The second-order valence-corrected chi connectivity index (χ2v) is 14.3. The Balaban J connectivity index is 1.57. The Morgan fingerprint density at radius 3 is 2.08 bits per heavy atom. The summed E-state index contributed by atoms with van der Waals surface area (Å²) >= 11 is 0. The SMILES string of the molecule is CC(C)(C)CC(=O)NCCc1ccc(NC(=O)[C@H](CC(C)(C)C)NC(=O)c2cccc(CNC(=O)c3ccc(OCCO)cc3)c2)cc1. The molecule has 0 aromatic heterocycles. The first-order chi connectivity index (χ1) is 22.6. The van der Waals surface area contributed by atoms with E-state index in [-0.39, 0.29) is 48.3 Å². The number of amides is 4. The van der Waals surface area contributed by atoms with Crippen molar-refractivity contribution < 1.29 is 29.0 Å². The molecule has 10 heteroatoms. The fourth-order valence-electron chi connectivity index (χ4n) is 4.91. The Kier molecular flexibility index (Phi) is 13.7. The van der Waals surface area contributed by atoms with Crippen LogP contribution < -0.4 is 26.0 Å². The average molecular weight is 659 g/mol. The van der Waals surface area contributed by atoms with E-state index in [1.54, 1.807) is 42.5 Å². The van der Waals surface area contributed by atoms with Crippen LogP contribution in [0.5, 0.6) is 5.75 Å². The van der Waals surface area contributed by atoms with E-state index >= 15 is 0 Å². The molecule has 0 radical (unpaired) electrons. The molecule has 258 valence electrons. The van der Waals surface area contributed by atoms with Crippen LogP contribution in [-0.2, 0) is 22.6 Å². The van der Waals surface area contributed by atoms with Crippen molar-refractivity contribution in [3.63, 3.8) is 0 Å². The molecule has 0 heterocycles. The summed E-state index contributed by atoms with van der Waals surface area (Å²) in [5.41, 5.74) is 2.88. The quantitative estimate of drug-likeness (QED) is 0.151. The van der Waals surface area contributed by atoms with Gasteiger partial charge in [0.15, 0.2) is 0 Å². The molecule has 10 nitrogen and oxygen atoms in total. The molecule has 0 fully saturated rings. The van der Waals surface area contributed by atoms with E-state index in [2.05, 4.69) is 21.3 Å². The van der Waals surface area contributed by atoms with Gasteiger partial charge in [0.05, 0.1) is 6.61 Å². The molecule has 3 aromatic carbocycles. The summed E-state index contributed by atoms with van der Waals surface area (Å²) in [5.74, 6) is -0.412. The van der Waals surface area contributed by atoms with Gasteiger partial charge in [0.2, 0.25) is 11.8 Å². The number of aliphatic hydroxyl groups is 1. The van der Waals surface area contributed by atoms with Gasteiger partial charge < -0.3 is 31.1 Å². The van der Waals surface area contributed by atoms with E-state index < -0.39 is 11.9 Å². The van der Waals surface area contributed by atoms with Gasteiger partial charge in [-0.05, 0) is 83.3 Å². The smallest absolute Gasteiger partial charge is 0.251 e. The number of benzene rings is 3. The van der Waals surface area contributed by atoms with E-state index in [0.717, 1.165) is 11.1 Å². The van der Waals surface area contributed by atoms with Crippen LogP contribution in [0.4, 0.5) is 5.69 Å². The number of carbonyl (C=O) groups is 4. The van der Waals surface area contributed by atoms with Crippen molar-refractivity contribution >= 4 is 29.3 Å². The first kappa shape index (κ1) is 37.8. The maximum absolute atomic E-state index is 13.4. The normalized spacial score (nSPS) is 12.1. The van der Waals surface area contributed by atoms with E-state index in [4.69, 9.17) is 9.84 Å². The zero-order chi connectivity index (χ0) is 35.3. The molecular formula is C38H50N4O6. The summed E-state index contributed by atoms with van der Waals surface area (Å²) in [7, 11) is 0. The van der Waals surface area contributed by atoms with Gasteiger partial charge in [-0.1, -0.05) is 65.8 Å². The largest absolute Gasteiger partial charge is 0.491 e. The highest BCUT2D eigenvalue weighted by molar-refractivity contribution is 6.01. The Morgan fingerprint density at radius 2 is 1.46 bits per heavy atom. The third-order valence-corrected chi connectivity index (χ3v) is 7.21. The van der Waals surface area contributed by atoms with Crippen LogP contribution >= 0.6 is 0 Å². The lowest BCUT2D eigenvalue weighted by Crippen LogP contribution is -2.45. The third kappa shape index (κ3) is 13.6. The number of nitrogens with one attached hydrogen (secondary N) is 4. The molecule has 0 saturated heterocycles. The molecule has 0 aliphatic rings. The summed E-state index contributed by atoms with van der Waals surface area (Å²) in [5, 5.41) is 20.5. The molecule has 0 aliphatic heterocycles. The van der Waals surface area contributed by atoms with Crippen molar-refractivity contribution in [3.05, 3.63) is 95.1 Å². The van der Waals surface area contributed by atoms with Crippen LogP contribution in [0.1, 0.15) is 86.2 Å². The minimum atomic E-state index is -0.789. The summed E-state index contributed by atoms with van der Waals surface area (Å²) in [4.78, 5) is 51.5. The molecule has 0 aliphatic carbocycles. The number of hydrogen-bond donors (Lipinski definition) is 5. The predicted octanol–water partition coefficient (Wildman–Crippen LogP) is 5.26. The fourth-order valence-corrected chi connectivity index (χ4v) is 4.91. The van der Waals surface area contributed by atoms with Crippen LogP contribution in [0.25, 0.3) is 0 Å². The number of carbonyl (C=O) groups excluding carboxylic acids is 4. The van der Waals surface area contributed by atoms with Crippen LogP contribution in [0.2, 0.25) is 0 Å². The summed E-state index contributed by atoms with van der Waals surface area (Å²) in [6.45, 7) is 12.9. The molecule has 0 unspecified atom stereocenters. The van der Waals surface area contributed by atoms with Crippen LogP contribution in [-0.4, -0.2) is 54.5 Å². The van der Waals surface area contributed by atoms with Gasteiger partial charge in [0, 0.05) is 36.3 Å². The van der Waals surface area contributed by atoms with Gasteiger partial charge in [-0.15, -0.1) is 0 Å². The topological polar surface area (TPSA) is 146 Å². The first-order valence-electron chi connectivity index (χ1n) is 16.3. The molecular weight excluding hydrogens is 608 g/mol. The van der Waals surface area contributed by atoms with Gasteiger partial charge in [-0.25, -0.2) is 0 Å². The summed E-state index contributed by atoms with van der Waals surface area (Å²) < 4.78 is 5.33. The van der Waals surface area contributed by atoms with Gasteiger partial charge in [0.25, 0.3) is 11.8 Å². The minimum absolute atomic E-state index is 0.0289. The molecule has 4 amide bonds. The van der Waals surface area contributed by atoms with Crippen molar-refractivity contribution in [1.29, 1.82) is 0 Å². The Bertz CT molecular complexity index is 1520. The van der Waals surface area contributed by atoms with Crippen molar-refractivity contribution in [2.45, 2.75) is 73.4 Å². The highest BCUT2D eigenvalue weighted by atomic mass is 16.5. The Labute approximate surface area is 284 Å². The average Bonchev–Trinajstić information content (AvgIpc) is 3.02. The lowest BCUT2D eigenvalue weighted by atomic mass is 9.87. The van der Waals surface area contributed by atoms with E-state index in [1.807, 2.05) is 71.9 Å². The molecule has 3 rings (SSSR count). The van der Waals surface area contributed by atoms with E-state index in [9.17, 15) is 19.2 Å². The van der Waals surface area contributed by atoms with Gasteiger partial charge in [-0.2, -0.15) is 0 Å². The highest BCUT2D eigenvalue weighted by Gasteiger charge is 2.27. The van der Waals surface area contributed by atoms with Crippen molar-refractivity contribution in [1.82, 2.24) is 16.0 Å². The van der Waals surface area contributed by atoms with Gasteiger partial charge in [0.1, 0.15) is 18.4 Å². The van der Waals surface area contributed by atoms with Crippen LogP contribution in [0, 0.1) is 10.8 Å². The summed E-state index contributed by atoms with van der Waals surface area (Å²) in [6.07, 6.45) is 1.55. The first-order valence-corrected chi connectivity index (χ1v) is 16.3. The predicted molar refractivity (Wildman–Crippen MR) is 188 cm³/mol. The maximum Gasteiger partial charge on any atom is 0.251 e. The Morgan fingerprint density at radius 1 is 0.771 bits per heavy atom. The van der Waals surface area contributed by atoms with Crippen LogP contribution in [0.3, 0.4) is 0 Å². The monoisotopic (exact) mass is 658 g/mol. The van der Waals surface area contributed by atoms with E-state index in [0.29, 0.717) is 48.4 Å². The molecule has 48 heavy (non-hydrogen) atoms. The molecule has 1 atom stereocenters. The fraction of sp³-hybridized carbons (Fsp3) is 0.421. The number of anilines is 1. The zero-order valence-electron chi connectivity index (χ0n) is 28.9. The van der Waals surface area contributed by atoms with Gasteiger partial charge >= 0.3 is 0 Å². The van der Waals surface area contributed by atoms with Crippen LogP contribution in [0.15, 0.2) is 72.8 Å². The van der Waals surface area contributed by atoms with E-state index in [1.165, 1.54) is 0 Å². The number of rotatable bonds is 15. The van der Waals surface area contributed by atoms with Gasteiger partial charge in [-0.3, -0.25) is 19.2 Å². The molecule has 0 spiro atoms. The number of aliphatic hydroxyl groups excluding tert-OH is 1. The second-order valence-electron chi connectivity index (χ2n) is 14.3. The van der Waals surface area contributed by atoms with Crippen molar-refractivity contribution in [2.24, 2.45) is 10.8 Å².